The summed E-state index contributed by atoms with van der Waals surface area (Å²) in [5, 5.41) is 0. The van der Waals surface area contributed by atoms with Crippen LogP contribution in [0.15, 0.2) is 122 Å². The summed E-state index contributed by atoms with van der Waals surface area (Å²) in [5.74, 6) is -0.905. The molecule has 0 spiro atoms. The van der Waals surface area contributed by atoms with E-state index in [1.807, 2.05) is 0 Å². The Balaban J connectivity index is 4.27. The molecule has 456 valence electrons. The Hall–Kier alpha value is -4.19. The van der Waals surface area contributed by atoms with E-state index in [0.717, 1.165) is 141 Å². The lowest BCUT2D eigenvalue weighted by Crippen LogP contribution is -2.30. The van der Waals surface area contributed by atoms with Gasteiger partial charge in [-0.05, 0) is 128 Å². The maximum Gasteiger partial charge on any atom is 0.306 e. The average Bonchev–Trinajstić information content (AvgIpc) is 3.46. The minimum Gasteiger partial charge on any atom is -0.462 e. The molecule has 0 heterocycles. The van der Waals surface area contributed by atoms with Crippen molar-refractivity contribution < 1.29 is 28.6 Å². The van der Waals surface area contributed by atoms with E-state index in [2.05, 4.69) is 142 Å². The highest BCUT2D eigenvalue weighted by Gasteiger charge is 2.19. The SMILES string of the molecule is CC/C=C\C/C=C\C/C=C\C/C=C\C/C=C\C/C=C\CCCCCCCCCCCCCCC(=O)OCC(COC(=O)CCCCCCC/C=C\C/C=C\CCC)OC(=O)CCCCCCCCC/C=C\C/C=C\CCCCCC. The zero-order valence-electron chi connectivity index (χ0n) is 52.3. The number of hydrogen-bond acceptors (Lipinski definition) is 6. The predicted molar refractivity (Wildman–Crippen MR) is 348 cm³/mol. The minimum absolute atomic E-state index is 0.0875. The van der Waals surface area contributed by atoms with Crippen LogP contribution in [-0.2, 0) is 28.6 Å². The van der Waals surface area contributed by atoms with Crippen LogP contribution in [0.1, 0.15) is 310 Å². The number of carbonyl (C=O) groups excluding carboxylic acids is 3. The average molecular weight is 1110 g/mol. The van der Waals surface area contributed by atoms with E-state index in [4.69, 9.17) is 14.2 Å². The Morgan fingerprint density at radius 3 is 0.812 bits per heavy atom. The Labute approximate surface area is 494 Å². The zero-order valence-corrected chi connectivity index (χ0v) is 52.3. The van der Waals surface area contributed by atoms with Crippen molar-refractivity contribution in [3.63, 3.8) is 0 Å². The van der Waals surface area contributed by atoms with Gasteiger partial charge in [0.25, 0.3) is 0 Å². The monoisotopic (exact) mass is 1110 g/mol. The molecule has 6 heteroatoms. The zero-order chi connectivity index (χ0) is 57.8. The van der Waals surface area contributed by atoms with Crippen molar-refractivity contribution >= 4 is 17.9 Å². The highest BCUT2D eigenvalue weighted by Crippen LogP contribution is 2.16. The summed E-state index contributed by atoms with van der Waals surface area (Å²) in [6, 6.07) is 0. The number of hydrogen-bond donors (Lipinski definition) is 0. The van der Waals surface area contributed by atoms with Gasteiger partial charge in [0.2, 0.25) is 0 Å². The van der Waals surface area contributed by atoms with Gasteiger partial charge in [-0.25, -0.2) is 0 Å². The van der Waals surface area contributed by atoms with Gasteiger partial charge in [-0.1, -0.05) is 284 Å². The van der Waals surface area contributed by atoms with Gasteiger partial charge in [-0.3, -0.25) is 14.4 Å². The molecule has 6 nitrogen and oxygen atoms in total. The smallest absolute Gasteiger partial charge is 0.306 e. The minimum atomic E-state index is -0.792. The summed E-state index contributed by atoms with van der Waals surface area (Å²) >= 11 is 0. The van der Waals surface area contributed by atoms with Crippen molar-refractivity contribution in [2.24, 2.45) is 0 Å². The van der Waals surface area contributed by atoms with E-state index in [9.17, 15) is 14.4 Å². The largest absolute Gasteiger partial charge is 0.462 e. The number of carbonyl (C=O) groups is 3. The fourth-order valence-corrected chi connectivity index (χ4v) is 9.16. The van der Waals surface area contributed by atoms with Crippen molar-refractivity contribution in [2.75, 3.05) is 13.2 Å². The van der Waals surface area contributed by atoms with E-state index in [1.54, 1.807) is 0 Å². The van der Waals surface area contributed by atoms with E-state index in [-0.39, 0.29) is 31.1 Å². The van der Waals surface area contributed by atoms with Crippen molar-refractivity contribution in [1.29, 1.82) is 0 Å². The van der Waals surface area contributed by atoms with Gasteiger partial charge in [0, 0.05) is 19.3 Å². The second kappa shape index (κ2) is 67.3. The molecule has 0 fully saturated rings. The van der Waals surface area contributed by atoms with Crippen LogP contribution < -0.4 is 0 Å². The Morgan fingerprint density at radius 2 is 0.512 bits per heavy atom. The molecule has 1 atom stereocenters. The number of rotatable bonds is 60. The molecular formula is C74H124O6. The maximum absolute atomic E-state index is 12.9. The molecule has 1 unspecified atom stereocenters. The van der Waals surface area contributed by atoms with Crippen molar-refractivity contribution in [3.8, 4) is 0 Å². The third-order valence-electron chi connectivity index (χ3n) is 14.2. The Morgan fingerprint density at radius 1 is 0.263 bits per heavy atom. The van der Waals surface area contributed by atoms with Gasteiger partial charge in [-0.15, -0.1) is 0 Å². The van der Waals surface area contributed by atoms with Gasteiger partial charge < -0.3 is 14.2 Å². The lowest BCUT2D eigenvalue weighted by molar-refractivity contribution is -0.167. The van der Waals surface area contributed by atoms with Crippen molar-refractivity contribution in [2.45, 2.75) is 316 Å². The van der Waals surface area contributed by atoms with Crippen LogP contribution in [-0.4, -0.2) is 37.2 Å². The third-order valence-corrected chi connectivity index (χ3v) is 14.2. The molecule has 0 aliphatic carbocycles. The van der Waals surface area contributed by atoms with Crippen LogP contribution in [0.4, 0.5) is 0 Å². The molecule has 0 aromatic rings. The highest BCUT2D eigenvalue weighted by atomic mass is 16.6. The van der Waals surface area contributed by atoms with Crippen LogP contribution in [0.25, 0.3) is 0 Å². The Kier molecular flexibility index (Phi) is 63.8. The molecule has 0 aliphatic heterocycles. The molecule has 80 heavy (non-hydrogen) atoms. The summed E-state index contributed by atoms with van der Waals surface area (Å²) in [6.07, 6.45) is 93.5. The van der Waals surface area contributed by atoms with Gasteiger partial charge in [0.1, 0.15) is 13.2 Å². The van der Waals surface area contributed by atoms with E-state index >= 15 is 0 Å². The van der Waals surface area contributed by atoms with Crippen molar-refractivity contribution in [3.05, 3.63) is 122 Å². The van der Waals surface area contributed by atoms with Crippen molar-refractivity contribution in [1.82, 2.24) is 0 Å². The molecule has 0 radical (unpaired) electrons. The Bertz CT molecular complexity index is 1650. The number of esters is 3. The van der Waals surface area contributed by atoms with Crippen LogP contribution >= 0.6 is 0 Å². The first-order valence-corrected chi connectivity index (χ1v) is 33.5. The van der Waals surface area contributed by atoms with Gasteiger partial charge in [-0.2, -0.15) is 0 Å². The molecule has 0 N–H and O–H groups in total. The summed E-state index contributed by atoms with van der Waals surface area (Å²) < 4.78 is 16.9. The second-order valence-corrected chi connectivity index (χ2v) is 22.0. The normalized spacial score (nSPS) is 12.9. The first kappa shape index (κ1) is 75.8. The van der Waals surface area contributed by atoms with Gasteiger partial charge >= 0.3 is 17.9 Å². The van der Waals surface area contributed by atoms with Crippen LogP contribution in [0.2, 0.25) is 0 Å². The van der Waals surface area contributed by atoms with Gasteiger partial charge in [0.05, 0.1) is 0 Å². The molecular weight excluding hydrogens is 985 g/mol. The molecule has 0 saturated carbocycles. The fourth-order valence-electron chi connectivity index (χ4n) is 9.16. The lowest BCUT2D eigenvalue weighted by Gasteiger charge is -2.18. The predicted octanol–water partition coefficient (Wildman–Crippen LogP) is 23.2. The third kappa shape index (κ3) is 64.6. The van der Waals surface area contributed by atoms with Gasteiger partial charge in [0.15, 0.2) is 6.10 Å². The van der Waals surface area contributed by atoms with Crippen LogP contribution in [0.3, 0.4) is 0 Å². The number of ether oxygens (including phenoxy) is 3. The number of allylic oxidation sites excluding steroid dienone is 20. The first-order chi connectivity index (χ1) is 39.5. The highest BCUT2D eigenvalue weighted by molar-refractivity contribution is 5.71. The quantitative estimate of drug-likeness (QED) is 0.0261. The summed E-state index contributed by atoms with van der Waals surface area (Å²) in [7, 11) is 0. The molecule has 0 amide bonds. The lowest BCUT2D eigenvalue weighted by atomic mass is 10.0. The van der Waals surface area contributed by atoms with E-state index in [1.165, 1.54) is 128 Å². The molecule has 0 aromatic carbocycles. The van der Waals surface area contributed by atoms with E-state index in [0.29, 0.717) is 19.3 Å². The van der Waals surface area contributed by atoms with Crippen LogP contribution in [0, 0.1) is 0 Å². The summed E-state index contributed by atoms with van der Waals surface area (Å²) in [5.41, 5.74) is 0. The maximum atomic E-state index is 12.9. The topological polar surface area (TPSA) is 78.9 Å². The molecule has 0 aromatic heterocycles. The summed E-state index contributed by atoms with van der Waals surface area (Å²) in [4.78, 5) is 38.3. The molecule has 0 aliphatic rings. The van der Waals surface area contributed by atoms with Crippen LogP contribution in [0.5, 0.6) is 0 Å². The molecule has 0 bridgehead atoms. The first-order valence-electron chi connectivity index (χ1n) is 33.5. The molecule has 0 rings (SSSR count). The molecule has 0 saturated heterocycles. The fraction of sp³-hybridized carbons (Fsp3) is 0.689. The standard InChI is InChI=1S/C74H124O6/c1-4-7-10-13-16-19-22-25-27-29-31-32-33-34-35-36-37-38-39-40-41-42-43-45-46-49-52-55-58-61-64-67-73(76)79-70-71(69-78-72(75)66-63-60-57-54-51-48-24-21-18-15-12-9-6-3)80-74(77)68-65-62-59-56-53-50-47-44-30-28-26-23-20-17-14-11-8-5-2/h7,10,12,15-16,19-21,23-25,27-28,30-32,34-35,37-38,71H,4-6,8-9,11,13-14,17-18,22,26,29,33,36,39-70H2,1-3H3/b10-7-,15-12-,19-16-,23-20-,24-21-,27-25-,30-28-,32-31-,35-34-,38-37-. The second-order valence-electron chi connectivity index (χ2n) is 22.0. The number of unbranched alkanes of at least 4 members (excludes halogenated alkanes) is 29. The summed E-state index contributed by atoms with van der Waals surface area (Å²) in [6.45, 7) is 6.44. The van der Waals surface area contributed by atoms with E-state index < -0.39 is 6.10 Å².